The van der Waals surface area contributed by atoms with E-state index in [-0.39, 0.29) is 0 Å². The van der Waals surface area contributed by atoms with Crippen LogP contribution in [0.5, 0.6) is 0 Å². The summed E-state index contributed by atoms with van der Waals surface area (Å²) >= 11 is 0. The lowest BCUT2D eigenvalue weighted by atomic mass is 9.93. The van der Waals surface area contributed by atoms with Gasteiger partial charge >= 0.3 is 0 Å². The second kappa shape index (κ2) is 13.2. The zero-order chi connectivity index (χ0) is 31.3. The van der Waals surface area contributed by atoms with Crippen molar-refractivity contribution in [3.05, 3.63) is 199 Å². The summed E-state index contributed by atoms with van der Waals surface area (Å²) in [6.45, 7) is 8.99. The lowest BCUT2D eigenvalue weighted by Crippen LogP contribution is -2.22. The maximum absolute atomic E-state index is 4.55. The quantitative estimate of drug-likeness (QED) is 0.157. The first kappa shape index (κ1) is 29.1. The van der Waals surface area contributed by atoms with Crippen LogP contribution in [0.25, 0.3) is 22.0 Å². The van der Waals surface area contributed by atoms with E-state index in [1.165, 1.54) is 33.3 Å². The predicted octanol–water partition coefficient (Wildman–Crippen LogP) is 11.9. The van der Waals surface area contributed by atoms with Gasteiger partial charge in [-0.25, -0.2) is 0 Å². The van der Waals surface area contributed by atoms with Gasteiger partial charge in [0, 0.05) is 39.4 Å². The third kappa shape index (κ3) is 5.90. The first-order valence-electron chi connectivity index (χ1n) is 16.1. The van der Waals surface area contributed by atoms with E-state index in [1.54, 1.807) is 0 Å². The van der Waals surface area contributed by atoms with Crippen molar-refractivity contribution in [2.24, 2.45) is 0 Å². The van der Waals surface area contributed by atoms with Crippen LogP contribution in [-0.4, -0.2) is 4.90 Å². The molecule has 2 heteroatoms. The van der Waals surface area contributed by atoms with Crippen LogP contribution < -0.4 is 4.90 Å². The van der Waals surface area contributed by atoms with E-state index in [0.29, 0.717) is 0 Å². The zero-order valence-corrected chi connectivity index (χ0v) is 26.1. The molecule has 0 bridgehead atoms. The van der Waals surface area contributed by atoms with Crippen LogP contribution in [0.1, 0.15) is 36.0 Å². The lowest BCUT2D eigenvalue weighted by molar-refractivity contribution is 0.625. The molecule has 0 aliphatic heterocycles. The molecule has 2 aliphatic rings. The Morgan fingerprint density at radius 3 is 2.20 bits per heavy atom. The Labute approximate surface area is 272 Å². The topological polar surface area (TPSA) is 6.48 Å². The number of hydrogen-bond acceptors (Lipinski definition) is 2. The summed E-state index contributed by atoms with van der Waals surface area (Å²) in [5.74, 6) is 0. The van der Waals surface area contributed by atoms with Gasteiger partial charge in [-0.15, -0.1) is 0 Å². The van der Waals surface area contributed by atoms with Crippen molar-refractivity contribution in [2.75, 3.05) is 4.90 Å². The first-order chi connectivity index (χ1) is 22.7. The number of hydrogen-bond donors (Lipinski definition) is 0. The second-order valence-corrected chi connectivity index (χ2v) is 11.8. The molecule has 2 nitrogen and oxygen atoms in total. The molecule has 0 saturated carbocycles. The molecule has 224 valence electrons. The fourth-order valence-corrected chi connectivity index (χ4v) is 6.50. The normalized spacial score (nSPS) is 14.0. The molecule has 46 heavy (non-hydrogen) atoms. The molecule has 0 saturated heterocycles. The summed E-state index contributed by atoms with van der Waals surface area (Å²) in [4.78, 5) is 4.63. The standard InChI is InChI=1S/C44H38N2/c1-33(27-28-34(2)45(38-19-5-3-6-20-38)43-25-13-17-36-15-9-11-23-41(36)43)35-29-31-40(32-30-35)46(39-21-7-4-8-22-39)44-26-14-18-37-16-10-12-24-42(37)44/h4-5,7-12,14-16,18-32H,1-3,6,13,17H2/b28-27-. The molecular weight excluding hydrogens is 556 g/mol. The van der Waals surface area contributed by atoms with Crippen LogP contribution in [0, 0.1) is 0 Å². The molecule has 0 atom stereocenters. The van der Waals surface area contributed by atoms with Crippen molar-refractivity contribution in [2.45, 2.75) is 25.7 Å². The number of rotatable bonds is 9. The average Bonchev–Trinajstić information content (AvgIpc) is 3.12. The molecule has 0 spiro atoms. The number of benzene rings is 5. The number of fused-ring (bicyclic) bond motifs is 2. The van der Waals surface area contributed by atoms with Gasteiger partial charge in [0.1, 0.15) is 0 Å². The first-order valence-corrected chi connectivity index (χ1v) is 16.1. The molecule has 0 N–H and O–H groups in total. The number of para-hydroxylation sites is 1. The summed E-state index contributed by atoms with van der Waals surface area (Å²) in [5.41, 5.74) is 11.4. The minimum Gasteiger partial charge on any atom is -0.311 e. The molecule has 0 unspecified atom stereocenters. The van der Waals surface area contributed by atoms with Crippen LogP contribution in [-0.2, 0) is 6.42 Å². The number of anilines is 3. The third-order valence-electron chi connectivity index (χ3n) is 8.80. The van der Waals surface area contributed by atoms with Crippen molar-refractivity contribution in [3.8, 4) is 0 Å². The molecule has 0 aromatic heterocycles. The molecule has 2 aliphatic carbocycles. The van der Waals surface area contributed by atoms with Crippen molar-refractivity contribution in [1.82, 2.24) is 4.90 Å². The monoisotopic (exact) mass is 594 g/mol. The van der Waals surface area contributed by atoms with Gasteiger partial charge in [-0.2, -0.15) is 0 Å². The van der Waals surface area contributed by atoms with Crippen LogP contribution >= 0.6 is 0 Å². The Kier molecular flexibility index (Phi) is 8.34. The van der Waals surface area contributed by atoms with E-state index in [0.717, 1.165) is 59.6 Å². The third-order valence-corrected chi connectivity index (χ3v) is 8.80. The lowest BCUT2D eigenvalue weighted by Gasteiger charge is -2.33. The van der Waals surface area contributed by atoms with E-state index in [1.807, 2.05) is 0 Å². The molecule has 0 radical (unpaired) electrons. The zero-order valence-electron chi connectivity index (χ0n) is 26.1. The van der Waals surface area contributed by atoms with Crippen molar-refractivity contribution in [1.29, 1.82) is 0 Å². The number of nitrogens with zero attached hydrogens (tertiary/aromatic N) is 2. The fraction of sp³-hybridized carbons (Fsp3) is 0.0909. The molecule has 0 fully saturated rings. The minimum absolute atomic E-state index is 0.921. The average molecular weight is 595 g/mol. The van der Waals surface area contributed by atoms with E-state index in [4.69, 9.17) is 0 Å². The minimum atomic E-state index is 0.921. The van der Waals surface area contributed by atoms with Crippen LogP contribution in [0.3, 0.4) is 0 Å². The Morgan fingerprint density at radius 2 is 1.37 bits per heavy atom. The SMILES string of the molecule is C=C(/C=C\C(=C)N(C1=CCCC=C1)C1=CCCc2ccccc21)c1ccc(N(c2ccccc2)c2cccc3ccccc23)cc1. The summed E-state index contributed by atoms with van der Waals surface area (Å²) in [6, 6.07) is 43.0. The van der Waals surface area contributed by atoms with Crippen LogP contribution in [0.15, 0.2) is 182 Å². The molecular formula is C44H38N2. The van der Waals surface area contributed by atoms with Gasteiger partial charge in [0.05, 0.1) is 5.69 Å². The molecule has 5 aromatic carbocycles. The highest BCUT2D eigenvalue weighted by molar-refractivity contribution is 5.99. The van der Waals surface area contributed by atoms with Gasteiger partial charge in [-0.1, -0.05) is 128 Å². The van der Waals surface area contributed by atoms with Crippen molar-refractivity contribution < 1.29 is 0 Å². The summed E-state index contributed by atoms with van der Waals surface area (Å²) < 4.78 is 0. The second-order valence-electron chi connectivity index (χ2n) is 11.8. The Balaban J connectivity index is 1.17. The van der Waals surface area contributed by atoms with Crippen LogP contribution in [0.2, 0.25) is 0 Å². The van der Waals surface area contributed by atoms with Gasteiger partial charge in [0.2, 0.25) is 0 Å². The number of aryl methyl sites for hydroxylation is 1. The Hall–Kier alpha value is -5.60. The van der Waals surface area contributed by atoms with E-state index in [2.05, 4.69) is 181 Å². The summed E-state index contributed by atoms with van der Waals surface area (Å²) in [6.07, 6.45) is 17.5. The van der Waals surface area contributed by atoms with E-state index in [9.17, 15) is 0 Å². The summed E-state index contributed by atoms with van der Waals surface area (Å²) in [5, 5.41) is 2.43. The number of allylic oxidation sites excluding steroid dienone is 7. The molecule has 7 rings (SSSR count). The van der Waals surface area contributed by atoms with Gasteiger partial charge in [0.15, 0.2) is 0 Å². The van der Waals surface area contributed by atoms with E-state index < -0.39 is 0 Å². The molecule has 5 aromatic rings. The maximum atomic E-state index is 4.55. The Bertz CT molecular complexity index is 2020. The van der Waals surface area contributed by atoms with Crippen LogP contribution in [0.4, 0.5) is 17.1 Å². The maximum Gasteiger partial charge on any atom is 0.0540 e. The largest absolute Gasteiger partial charge is 0.311 e. The van der Waals surface area contributed by atoms with Gasteiger partial charge in [-0.05, 0) is 90.3 Å². The highest BCUT2D eigenvalue weighted by Gasteiger charge is 2.22. The smallest absolute Gasteiger partial charge is 0.0540 e. The van der Waals surface area contributed by atoms with Gasteiger partial charge in [0.25, 0.3) is 0 Å². The Morgan fingerprint density at radius 1 is 0.630 bits per heavy atom. The molecule has 0 heterocycles. The van der Waals surface area contributed by atoms with Gasteiger partial charge < -0.3 is 9.80 Å². The fourth-order valence-electron chi connectivity index (χ4n) is 6.50. The highest BCUT2D eigenvalue weighted by atomic mass is 15.2. The van der Waals surface area contributed by atoms with Crippen molar-refractivity contribution >= 4 is 39.1 Å². The molecule has 0 amide bonds. The summed E-state index contributed by atoms with van der Waals surface area (Å²) in [7, 11) is 0. The van der Waals surface area contributed by atoms with Crippen molar-refractivity contribution in [3.63, 3.8) is 0 Å². The predicted molar refractivity (Wildman–Crippen MR) is 197 cm³/mol. The van der Waals surface area contributed by atoms with E-state index >= 15 is 0 Å². The van der Waals surface area contributed by atoms with Gasteiger partial charge in [-0.3, -0.25) is 0 Å². The highest BCUT2D eigenvalue weighted by Crippen LogP contribution is 2.39.